The van der Waals surface area contributed by atoms with Crippen molar-refractivity contribution in [2.75, 3.05) is 25.4 Å². The summed E-state index contributed by atoms with van der Waals surface area (Å²) in [5.74, 6) is 0.173. The zero-order valence-corrected chi connectivity index (χ0v) is 13.2. The molecule has 0 aromatic rings. The molecular formula is C13H29NO3S. The zero-order valence-electron chi connectivity index (χ0n) is 12.4. The van der Waals surface area contributed by atoms with Crippen LogP contribution in [0.1, 0.15) is 47.5 Å². The molecule has 18 heavy (non-hydrogen) atoms. The number of rotatable bonds is 8. The van der Waals surface area contributed by atoms with Crippen molar-refractivity contribution in [3.63, 3.8) is 0 Å². The Morgan fingerprint density at radius 2 is 1.67 bits per heavy atom. The molecule has 0 amide bonds. The van der Waals surface area contributed by atoms with Crippen molar-refractivity contribution in [3.05, 3.63) is 0 Å². The summed E-state index contributed by atoms with van der Waals surface area (Å²) in [6.07, 6.45) is 1.72. The highest BCUT2D eigenvalue weighted by Crippen LogP contribution is 2.20. The minimum absolute atomic E-state index is 0.0915. The Kier molecular flexibility index (Phi) is 6.82. The lowest BCUT2D eigenvalue weighted by molar-refractivity contribution is 0.237. The fourth-order valence-electron chi connectivity index (χ4n) is 1.59. The van der Waals surface area contributed by atoms with Crippen molar-refractivity contribution in [2.45, 2.75) is 52.2 Å². The fraction of sp³-hybridized carbons (Fsp3) is 1.00. The van der Waals surface area contributed by atoms with E-state index >= 15 is 0 Å². The van der Waals surface area contributed by atoms with Gasteiger partial charge in [-0.3, -0.25) is 0 Å². The third-order valence-electron chi connectivity index (χ3n) is 3.10. The van der Waals surface area contributed by atoms with E-state index in [2.05, 4.69) is 19.2 Å². The van der Waals surface area contributed by atoms with Crippen molar-refractivity contribution in [3.8, 4) is 0 Å². The van der Waals surface area contributed by atoms with E-state index in [-0.39, 0.29) is 17.8 Å². The number of sulfone groups is 1. The molecule has 0 aliphatic carbocycles. The van der Waals surface area contributed by atoms with Crippen LogP contribution in [0, 0.1) is 5.41 Å². The molecule has 0 aliphatic heterocycles. The predicted molar refractivity (Wildman–Crippen MR) is 76.5 cm³/mol. The van der Waals surface area contributed by atoms with Crippen LogP contribution in [0.3, 0.4) is 0 Å². The van der Waals surface area contributed by atoms with Crippen molar-refractivity contribution < 1.29 is 13.5 Å². The van der Waals surface area contributed by atoms with Gasteiger partial charge in [0.1, 0.15) is 0 Å². The molecule has 0 aliphatic rings. The van der Waals surface area contributed by atoms with E-state index in [0.717, 1.165) is 19.4 Å². The third-order valence-corrected chi connectivity index (χ3v) is 5.70. The standard InChI is InChI=1S/C13H29NO3S/c1-12(2,3)18(16,17)10-8-14-11-13(4,5)7-6-9-15/h14-15H,6-11H2,1-5H3. The lowest BCUT2D eigenvalue weighted by atomic mass is 9.88. The number of hydrogen-bond acceptors (Lipinski definition) is 4. The minimum atomic E-state index is -3.03. The zero-order chi connectivity index (χ0) is 14.4. The number of aliphatic hydroxyl groups excluding tert-OH is 1. The molecule has 0 aromatic carbocycles. The predicted octanol–water partition coefficient (Wildman–Crippen LogP) is 1.59. The van der Waals surface area contributed by atoms with Gasteiger partial charge in [0.2, 0.25) is 0 Å². The third kappa shape index (κ3) is 6.71. The molecule has 5 heteroatoms. The Bertz CT molecular complexity index is 329. The highest BCUT2D eigenvalue weighted by atomic mass is 32.2. The molecule has 0 saturated heterocycles. The average molecular weight is 279 g/mol. The summed E-state index contributed by atoms with van der Waals surface area (Å²) in [5.41, 5.74) is 0.0915. The van der Waals surface area contributed by atoms with Gasteiger partial charge in [-0.2, -0.15) is 0 Å². The maximum atomic E-state index is 11.9. The largest absolute Gasteiger partial charge is 0.396 e. The average Bonchev–Trinajstić information content (AvgIpc) is 2.20. The van der Waals surface area contributed by atoms with Crippen LogP contribution in [0.25, 0.3) is 0 Å². The van der Waals surface area contributed by atoms with Gasteiger partial charge in [0.15, 0.2) is 9.84 Å². The first kappa shape index (κ1) is 17.9. The smallest absolute Gasteiger partial charge is 0.156 e. The SMILES string of the molecule is CC(C)(CCCO)CNCCS(=O)(=O)C(C)(C)C. The summed E-state index contributed by atoms with van der Waals surface area (Å²) in [4.78, 5) is 0. The minimum Gasteiger partial charge on any atom is -0.396 e. The van der Waals surface area contributed by atoms with Crippen molar-refractivity contribution in [1.82, 2.24) is 5.32 Å². The van der Waals surface area contributed by atoms with Gasteiger partial charge in [0, 0.05) is 19.7 Å². The quantitative estimate of drug-likeness (QED) is 0.662. The lowest BCUT2D eigenvalue weighted by Gasteiger charge is -2.25. The van der Waals surface area contributed by atoms with E-state index in [9.17, 15) is 8.42 Å². The van der Waals surface area contributed by atoms with Crippen LogP contribution < -0.4 is 5.32 Å². The summed E-state index contributed by atoms with van der Waals surface area (Å²) in [6, 6.07) is 0. The molecule has 110 valence electrons. The molecule has 0 radical (unpaired) electrons. The molecule has 0 rings (SSSR count). The van der Waals surface area contributed by atoms with Gasteiger partial charge in [-0.15, -0.1) is 0 Å². The van der Waals surface area contributed by atoms with Gasteiger partial charge < -0.3 is 10.4 Å². The fourth-order valence-corrected chi connectivity index (χ4v) is 2.61. The maximum absolute atomic E-state index is 11.9. The van der Waals surface area contributed by atoms with Crippen LogP contribution in [0.5, 0.6) is 0 Å². The second kappa shape index (κ2) is 6.87. The van der Waals surface area contributed by atoms with E-state index in [1.54, 1.807) is 20.8 Å². The number of hydrogen-bond donors (Lipinski definition) is 2. The molecule has 0 aromatic heterocycles. The summed E-state index contributed by atoms with van der Waals surface area (Å²) >= 11 is 0. The summed E-state index contributed by atoms with van der Waals surface area (Å²) in [7, 11) is -3.03. The van der Waals surface area contributed by atoms with Gasteiger partial charge in [0.25, 0.3) is 0 Å². The molecule has 0 fully saturated rings. The summed E-state index contributed by atoms with van der Waals surface area (Å²) in [5, 5.41) is 12.0. The highest BCUT2D eigenvalue weighted by molar-refractivity contribution is 7.92. The van der Waals surface area contributed by atoms with E-state index in [0.29, 0.717) is 6.54 Å². The van der Waals surface area contributed by atoms with Crippen LogP contribution in [-0.2, 0) is 9.84 Å². The summed E-state index contributed by atoms with van der Waals surface area (Å²) < 4.78 is 23.1. The molecule has 0 spiro atoms. The Hall–Kier alpha value is -0.130. The first-order chi connectivity index (χ1) is 8.02. The second-order valence-electron chi connectivity index (χ2n) is 6.60. The molecule has 0 unspecified atom stereocenters. The Morgan fingerprint density at radius 3 is 2.11 bits per heavy atom. The second-order valence-corrected chi connectivity index (χ2v) is 9.46. The molecule has 2 N–H and O–H groups in total. The first-order valence-corrected chi connectivity index (χ1v) is 8.21. The van der Waals surface area contributed by atoms with Crippen LogP contribution in [0.2, 0.25) is 0 Å². The molecule has 0 heterocycles. The van der Waals surface area contributed by atoms with Gasteiger partial charge in [-0.25, -0.2) is 8.42 Å². The van der Waals surface area contributed by atoms with Crippen LogP contribution >= 0.6 is 0 Å². The normalized spacial score (nSPS) is 13.9. The van der Waals surface area contributed by atoms with Gasteiger partial charge >= 0.3 is 0 Å². The van der Waals surface area contributed by atoms with E-state index < -0.39 is 14.6 Å². The van der Waals surface area contributed by atoms with Crippen LogP contribution in [0.4, 0.5) is 0 Å². The van der Waals surface area contributed by atoms with Gasteiger partial charge in [0.05, 0.1) is 10.5 Å². The molecule has 4 nitrogen and oxygen atoms in total. The highest BCUT2D eigenvalue weighted by Gasteiger charge is 2.28. The molecule has 0 saturated carbocycles. The van der Waals surface area contributed by atoms with Crippen molar-refractivity contribution >= 4 is 9.84 Å². The Labute approximate surface area is 112 Å². The van der Waals surface area contributed by atoms with E-state index in [4.69, 9.17) is 5.11 Å². The van der Waals surface area contributed by atoms with Crippen molar-refractivity contribution in [1.29, 1.82) is 0 Å². The lowest BCUT2D eigenvalue weighted by Crippen LogP contribution is -2.37. The maximum Gasteiger partial charge on any atom is 0.156 e. The topological polar surface area (TPSA) is 66.4 Å². The first-order valence-electron chi connectivity index (χ1n) is 6.56. The van der Waals surface area contributed by atoms with Gasteiger partial charge in [-0.05, 0) is 39.0 Å². The monoisotopic (exact) mass is 279 g/mol. The number of aliphatic hydroxyl groups is 1. The van der Waals surface area contributed by atoms with Gasteiger partial charge in [-0.1, -0.05) is 13.8 Å². The Balaban J connectivity index is 4.01. The van der Waals surface area contributed by atoms with Crippen LogP contribution in [0.15, 0.2) is 0 Å². The number of nitrogens with one attached hydrogen (secondary N) is 1. The molecule has 0 bridgehead atoms. The van der Waals surface area contributed by atoms with Crippen LogP contribution in [-0.4, -0.2) is 43.7 Å². The van der Waals surface area contributed by atoms with Crippen molar-refractivity contribution in [2.24, 2.45) is 5.41 Å². The molecule has 0 atom stereocenters. The van der Waals surface area contributed by atoms with E-state index in [1.165, 1.54) is 0 Å². The van der Waals surface area contributed by atoms with E-state index in [1.807, 2.05) is 0 Å². The molecular weight excluding hydrogens is 250 g/mol. The Morgan fingerprint density at radius 1 is 1.11 bits per heavy atom. The summed E-state index contributed by atoms with van der Waals surface area (Å²) in [6.45, 7) is 10.9.